The number of amides is 2. The molecule has 0 spiro atoms. The molecule has 0 bridgehead atoms. The summed E-state index contributed by atoms with van der Waals surface area (Å²) >= 11 is 1.61. The number of ether oxygens (including phenoxy) is 1. The predicted octanol–water partition coefficient (Wildman–Crippen LogP) is 4.12. The Balaban J connectivity index is 1.54. The molecule has 2 aromatic carbocycles. The second-order valence-electron chi connectivity index (χ2n) is 6.78. The molecule has 2 N–H and O–H groups in total. The van der Waals surface area contributed by atoms with E-state index in [0.717, 1.165) is 21.1 Å². The average molecular weight is 424 g/mol. The molecule has 0 radical (unpaired) electrons. The molecule has 156 valence electrons. The Bertz CT molecular complexity index is 1030. The maximum Gasteiger partial charge on any atom is 0.313 e. The van der Waals surface area contributed by atoms with Gasteiger partial charge in [0, 0.05) is 23.4 Å². The van der Waals surface area contributed by atoms with Crippen LogP contribution in [0.2, 0.25) is 0 Å². The molecule has 0 unspecified atom stereocenters. The second-order valence-corrected chi connectivity index (χ2v) is 7.87. The zero-order chi connectivity index (χ0) is 21.5. The van der Waals surface area contributed by atoms with Crippen LogP contribution in [0.1, 0.15) is 23.1 Å². The number of hydrogen-bond donors (Lipinski definition) is 2. The highest BCUT2D eigenvalue weighted by atomic mass is 32.1. The van der Waals surface area contributed by atoms with Gasteiger partial charge in [-0.25, -0.2) is 4.98 Å². The van der Waals surface area contributed by atoms with Gasteiger partial charge in [0.05, 0.1) is 18.0 Å². The minimum Gasteiger partial charge on any atom is -0.492 e. The summed E-state index contributed by atoms with van der Waals surface area (Å²) in [5.74, 6) is -0.865. The van der Waals surface area contributed by atoms with Gasteiger partial charge in [-0.05, 0) is 32.9 Å². The molecule has 0 aliphatic heterocycles. The number of benzene rings is 2. The summed E-state index contributed by atoms with van der Waals surface area (Å²) < 4.78 is 5.46. The van der Waals surface area contributed by atoms with Crippen molar-refractivity contribution in [2.24, 2.45) is 0 Å². The number of carbonyl (C=O) groups is 2. The first-order valence-corrected chi connectivity index (χ1v) is 10.6. The Morgan fingerprint density at radius 2 is 1.77 bits per heavy atom. The smallest absolute Gasteiger partial charge is 0.313 e. The molecule has 0 atom stereocenters. The van der Waals surface area contributed by atoms with Gasteiger partial charge < -0.3 is 15.4 Å². The topological polar surface area (TPSA) is 80.3 Å². The first kappa shape index (κ1) is 21.5. The fourth-order valence-corrected chi connectivity index (χ4v) is 3.95. The lowest BCUT2D eigenvalue weighted by Crippen LogP contribution is -2.36. The molecule has 3 rings (SSSR count). The first-order chi connectivity index (χ1) is 14.5. The molecule has 3 aromatic rings. The minimum absolute atomic E-state index is 0.357. The third kappa shape index (κ3) is 5.45. The van der Waals surface area contributed by atoms with Crippen LogP contribution < -0.4 is 15.4 Å². The molecular weight excluding hydrogens is 398 g/mol. The number of hydrogen-bond acceptors (Lipinski definition) is 5. The van der Waals surface area contributed by atoms with Crippen molar-refractivity contribution in [3.63, 3.8) is 0 Å². The number of nitrogens with zero attached hydrogens (tertiary/aromatic N) is 1. The van der Waals surface area contributed by atoms with Gasteiger partial charge in [0.15, 0.2) is 0 Å². The summed E-state index contributed by atoms with van der Waals surface area (Å²) in [4.78, 5) is 30.1. The molecular formula is C23H25N3O3S. The number of rotatable bonds is 7. The van der Waals surface area contributed by atoms with E-state index in [1.807, 2.05) is 19.9 Å². The standard InChI is InChI=1S/C23H25N3O3S/c1-4-29-19-8-6-5-7-18(19)26-22(28)21(27)24-14-13-20-16(3)25-23(30-20)17-11-9-15(2)10-12-17/h5-12H,4,13-14H2,1-3H3,(H,24,27)(H,26,28). The Morgan fingerprint density at radius 3 is 2.50 bits per heavy atom. The number of aryl methyl sites for hydroxylation is 2. The van der Waals surface area contributed by atoms with Crippen molar-refractivity contribution < 1.29 is 14.3 Å². The van der Waals surface area contributed by atoms with E-state index in [1.165, 1.54) is 5.56 Å². The molecule has 1 heterocycles. The van der Waals surface area contributed by atoms with Crippen LogP contribution in [0.5, 0.6) is 5.75 Å². The number of anilines is 1. The highest BCUT2D eigenvalue weighted by Crippen LogP contribution is 2.28. The minimum atomic E-state index is -0.719. The lowest BCUT2D eigenvalue weighted by molar-refractivity contribution is -0.136. The van der Waals surface area contributed by atoms with E-state index in [-0.39, 0.29) is 0 Å². The maximum atomic E-state index is 12.2. The normalized spacial score (nSPS) is 10.5. The fraction of sp³-hybridized carbons (Fsp3) is 0.261. The van der Waals surface area contributed by atoms with Crippen LogP contribution in [-0.4, -0.2) is 29.9 Å². The monoisotopic (exact) mass is 423 g/mol. The third-order valence-corrected chi connectivity index (χ3v) is 5.74. The van der Waals surface area contributed by atoms with E-state index < -0.39 is 11.8 Å². The number of thiazole rings is 1. The van der Waals surface area contributed by atoms with Crippen LogP contribution in [0.3, 0.4) is 0 Å². The largest absolute Gasteiger partial charge is 0.492 e. The van der Waals surface area contributed by atoms with Gasteiger partial charge >= 0.3 is 11.8 Å². The van der Waals surface area contributed by atoms with E-state index in [9.17, 15) is 9.59 Å². The molecule has 0 saturated carbocycles. The Morgan fingerprint density at radius 1 is 1.03 bits per heavy atom. The summed E-state index contributed by atoms with van der Waals surface area (Å²) in [7, 11) is 0. The van der Waals surface area contributed by atoms with E-state index >= 15 is 0 Å². The van der Waals surface area contributed by atoms with Crippen LogP contribution in [0, 0.1) is 13.8 Å². The van der Waals surface area contributed by atoms with Gasteiger partial charge in [-0.1, -0.05) is 42.0 Å². The molecule has 7 heteroatoms. The highest BCUT2D eigenvalue weighted by Gasteiger charge is 2.16. The number of nitrogens with one attached hydrogen (secondary N) is 2. The highest BCUT2D eigenvalue weighted by molar-refractivity contribution is 7.15. The summed E-state index contributed by atoms with van der Waals surface area (Å²) in [6, 6.07) is 15.3. The van der Waals surface area contributed by atoms with Crippen molar-refractivity contribution in [3.8, 4) is 16.3 Å². The molecule has 30 heavy (non-hydrogen) atoms. The molecule has 0 aliphatic carbocycles. The van der Waals surface area contributed by atoms with Crippen molar-refractivity contribution >= 4 is 28.8 Å². The van der Waals surface area contributed by atoms with Crippen molar-refractivity contribution in [2.45, 2.75) is 27.2 Å². The van der Waals surface area contributed by atoms with E-state index in [1.54, 1.807) is 29.5 Å². The summed E-state index contributed by atoms with van der Waals surface area (Å²) in [6.07, 6.45) is 0.615. The fourth-order valence-electron chi connectivity index (χ4n) is 2.88. The first-order valence-electron chi connectivity index (χ1n) is 9.82. The predicted molar refractivity (Wildman–Crippen MR) is 120 cm³/mol. The Labute approximate surface area is 180 Å². The van der Waals surface area contributed by atoms with E-state index in [0.29, 0.717) is 31.0 Å². The number of para-hydroxylation sites is 2. The van der Waals surface area contributed by atoms with Gasteiger partial charge in [0.1, 0.15) is 10.8 Å². The summed E-state index contributed by atoms with van der Waals surface area (Å²) in [5.41, 5.74) is 3.70. The number of aromatic nitrogens is 1. The van der Waals surface area contributed by atoms with Gasteiger partial charge in [0.2, 0.25) is 0 Å². The molecule has 6 nitrogen and oxygen atoms in total. The molecule has 1 aromatic heterocycles. The zero-order valence-corrected chi connectivity index (χ0v) is 18.1. The van der Waals surface area contributed by atoms with Gasteiger partial charge in [0.25, 0.3) is 0 Å². The Kier molecular flexibility index (Phi) is 7.19. The van der Waals surface area contributed by atoms with Crippen molar-refractivity contribution in [1.29, 1.82) is 0 Å². The maximum absolute atomic E-state index is 12.2. The van der Waals surface area contributed by atoms with Gasteiger partial charge in [-0.2, -0.15) is 0 Å². The van der Waals surface area contributed by atoms with Crippen molar-refractivity contribution in [3.05, 3.63) is 64.7 Å². The van der Waals surface area contributed by atoms with Crippen molar-refractivity contribution in [2.75, 3.05) is 18.5 Å². The summed E-state index contributed by atoms with van der Waals surface area (Å²) in [6.45, 7) is 6.70. The lowest BCUT2D eigenvalue weighted by atomic mass is 10.2. The molecule has 0 fully saturated rings. The van der Waals surface area contributed by atoms with E-state index in [4.69, 9.17) is 4.74 Å². The molecule has 0 saturated heterocycles. The van der Waals surface area contributed by atoms with Crippen LogP contribution in [-0.2, 0) is 16.0 Å². The molecule has 2 amide bonds. The van der Waals surface area contributed by atoms with Gasteiger partial charge in [-0.3, -0.25) is 9.59 Å². The quantitative estimate of drug-likeness (QED) is 0.560. The zero-order valence-electron chi connectivity index (χ0n) is 17.3. The van der Waals surface area contributed by atoms with E-state index in [2.05, 4.69) is 46.8 Å². The molecule has 0 aliphatic rings. The lowest BCUT2D eigenvalue weighted by Gasteiger charge is -2.11. The Hall–Kier alpha value is -3.19. The van der Waals surface area contributed by atoms with Crippen LogP contribution in [0.15, 0.2) is 48.5 Å². The van der Waals surface area contributed by atoms with Crippen molar-refractivity contribution in [1.82, 2.24) is 10.3 Å². The van der Waals surface area contributed by atoms with Crippen LogP contribution in [0.4, 0.5) is 5.69 Å². The second kappa shape index (κ2) is 10.0. The SMILES string of the molecule is CCOc1ccccc1NC(=O)C(=O)NCCc1sc(-c2ccc(C)cc2)nc1C. The third-order valence-electron chi connectivity index (χ3n) is 4.47. The average Bonchev–Trinajstić information content (AvgIpc) is 3.10. The van der Waals surface area contributed by atoms with Crippen LogP contribution in [0.25, 0.3) is 10.6 Å². The van der Waals surface area contributed by atoms with Gasteiger partial charge in [-0.15, -0.1) is 11.3 Å². The van der Waals surface area contributed by atoms with Crippen LogP contribution >= 0.6 is 11.3 Å². The summed E-state index contributed by atoms with van der Waals surface area (Å²) in [5, 5.41) is 6.23. The number of carbonyl (C=O) groups excluding carboxylic acids is 2.